The first-order valence-electron chi connectivity index (χ1n) is 8.20. The minimum atomic E-state index is -0.631. The molecule has 0 unspecified atom stereocenters. The number of nitro benzene ring substituents is 1. The van der Waals surface area contributed by atoms with Gasteiger partial charge in [-0.2, -0.15) is 0 Å². The number of hydrogen-bond donors (Lipinski definition) is 0. The lowest BCUT2D eigenvalue weighted by Gasteiger charge is -2.17. The number of non-ortho nitro benzene ring substituents is 1. The second-order valence-electron chi connectivity index (χ2n) is 5.95. The van der Waals surface area contributed by atoms with E-state index in [9.17, 15) is 19.7 Å². The monoisotopic (exact) mass is 442 g/mol. The maximum Gasteiger partial charge on any atom is 0.340 e. The minimum Gasteiger partial charge on any atom is -0.465 e. The normalized spacial score (nSPS) is 15.3. The summed E-state index contributed by atoms with van der Waals surface area (Å²) >= 11 is 3.43. The van der Waals surface area contributed by atoms with Gasteiger partial charge in [-0.15, -0.1) is 0 Å². The molecular formula is C20H15BrN2O5. The van der Waals surface area contributed by atoms with Crippen molar-refractivity contribution in [1.82, 2.24) is 0 Å². The number of esters is 1. The molecule has 1 amide bonds. The number of nitrogens with zero attached hydrogens (tertiary/aromatic N) is 2. The van der Waals surface area contributed by atoms with Crippen molar-refractivity contribution in [2.45, 2.75) is 6.92 Å². The Morgan fingerprint density at radius 2 is 1.82 bits per heavy atom. The second kappa shape index (κ2) is 7.77. The molecule has 0 fully saturated rings. The van der Waals surface area contributed by atoms with Gasteiger partial charge in [0.15, 0.2) is 0 Å². The lowest BCUT2D eigenvalue weighted by atomic mass is 10.0. The number of ether oxygens (including phenoxy) is 1. The number of benzene rings is 2. The fraction of sp³-hybridized carbons (Fsp3) is 0.100. The van der Waals surface area contributed by atoms with Crippen LogP contribution < -0.4 is 4.90 Å². The number of allylic oxidation sites excluding steroid dienone is 1. The predicted molar refractivity (Wildman–Crippen MR) is 107 cm³/mol. The molecule has 142 valence electrons. The topological polar surface area (TPSA) is 89.8 Å². The molecule has 0 saturated carbocycles. The highest BCUT2D eigenvalue weighted by Gasteiger charge is 2.38. The number of rotatable bonds is 4. The van der Waals surface area contributed by atoms with Crippen molar-refractivity contribution in [3.8, 4) is 0 Å². The highest BCUT2D eigenvalue weighted by atomic mass is 79.9. The molecule has 0 radical (unpaired) electrons. The maximum atomic E-state index is 13.1. The van der Waals surface area contributed by atoms with Crippen LogP contribution in [0.3, 0.4) is 0 Å². The molecule has 0 aromatic heterocycles. The van der Waals surface area contributed by atoms with E-state index in [1.165, 1.54) is 36.3 Å². The Hall–Kier alpha value is -3.26. The molecule has 0 atom stereocenters. The first kappa shape index (κ1) is 19.5. The van der Waals surface area contributed by atoms with Crippen molar-refractivity contribution in [2.75, 3.05) is 12.0 Å². The zero-order chi connectivity index (χ0) is 20.4. The molecule has 7 nitrogen and oxygen atoms in total. The molecule has 0 saturated heterocycles. The summed E-state index contributed by atoms with van der Waals surface area (Å²) in [5.41, 5.74) is 1.80. The second-order valence-corrected chi connectivity index (χ2v) is 6.80. The van der Waals surface area contributed by atoms with E-state index in [0.717, 1.165) is 10.0 Å². The van der Waals surface area contributed by atoms with Gasteiger partial charge in [-0.3, -0.25) is 19.8 Å². The summed E-state index contributed by atoms with van der Waals surface area (Å²) in [7, 11) is 1.25. The van der Waals surface area contributed by atoms with Crippen LogP contribution in [0.5, 0.6) is 0 Å². The number of nitro groups is 1. The fourth-order valence-corrected chi connectivity index (χ4v) is 3.36. The summed E-state index contributed by atoms with van der Waals surface area (Å²) in [5, 5.41) is 10.9. The molecule has 2 aromatic carbocycles. The predicted octanol–water partition coefficient (Wildman–Crippen LogP) is 4.23. The number of halogens is 1. The number of carbonyl (C=O) groups is 2. The average molecular weight is 443 g/mol. The molecule has 3 rings (SSSR count). The number of amides is 1. The van der Waals surface area contributed by atoms with Crippen LogP contribution in [0.25, 0.3) is 6.08 Å². The average Bonchev–Trinajstić information content (AvgIpc) is 2.93. The number of hydrogen-bond acceptors (Lipinski definition) is 5. The van der Waals surface area contributed by atoms with Crippen molar-refractivity contribution in [2.24, 2.45) is 0 Å². The third-order valence-corrected chi connectivity index (χ3v) is 5.04. The smallest absolute Gasteiger partial charge is 0.340 e. The first-order chi connectivity index (χ1) is 13.3. The Morgan fingerprint density at radius 3 is 2.39 bits per heavy atom. The van der Waals surface area contributed by atoms with Crippen LogP contribution in [0, 0.1) is 10.1 Å². The fourth-order valence-electron chi connectivity index (χ4n) is 2.96. The van der Waals surface area contributed by atoms with Gasteiger partial charge in [-0.05, 0) is 36.8 Å². The zero-order valence-corrected chi connectivity index (χ0v) is 16.6. The van der Waals surface area contributed by atoms with Gasteiger partial charge >= 0.3 is 5.97 Å². The van der Waals surface area contributed by atoms with E-state index in [0.29, 0.717) is 11.4 Å². The van der Waals surface area contributed by atoms with Crippen molar-refractivity contribution in [3.63, 3.8) is 0 Å². The summed E-state index contributed by atoms with van der Waals surface area (Å²) in [6, 6.07) is 12.8. The largest absolute Gasteiger partial charge is 0.465 e. The lowest BCUT2D eigenvalue weighted by Crippen LogP contribution is -2.24. The van der Waals surface area contributed by atoms with Gasteiger partial charge in [0, 0.05) is 28.0 Å². The van der Waals surface area contributed by atoms with Crippen molar-refractivity contribution in [1.29, 1.82) is 0 Å². The molecule has 0 aliphatic carbocycles. The van der Waals surface area contributed by atoms with Crippen molar-refractivity contribution < 1.29 is 19.2 Å². The number of methoxy groups -OCH3 is 1. The van der Waals surface area contributed by atoms with Crippen LogP contribution in [-0.2, 0) is 14.3 Å². The number of anilines is 1. The molecule has 8 heteroatoms. The third kappa shape index (κ3) is 3.46. The molecule has 2 aromatic rings. The van der Waals surface area contributed by atoms with Crippen LogP contribution >= 0.6 is 15.9 Å². The van der Waals surface area contributed by atoms with E-state index in [1.54, 1.807) is 13.0 Å². The SMILES string of the molecule is COC(=O)C1=C(C)N(c2ccc([N+](=O)[O-])cc2)C(=O)C1=Cc1ccccc1Br. The van der Waals surface area contributed by atoms with Gasteiger partial charge in [0.2, 0.25) is 0 Å². The van der Waals surface area contributed by atoms with Crippen LogP contribution in [0.15, 0.2) is 69.8 Å². The molecule has 0 N–H and O–H groups in total. The van der Waals surface area contributed by atoms with Crippen LogP contribution in [-0.4, -0.2) is 23.9 Å². The van der Waals surface area contributed by atoms with E-state index >= 15 is 0 Å². The Labute approximate surface area is 169 Å². The van der Waals surface area contributed by atoms with Gasteiger partial charge in [-0.25, -0.2) is 4.79 Å². The van der Waals surface area contributed by atoms with Crippen molar-refractivity contribution in [3.05, 3.63) is 85.5 Å². The molecule has 1 aliphatic rings. The Bertz CT molecular complexity index is 1040. The third-order valence-electron chi connectivity index (χ3n) is 4.31. The molecule has 1 aliphatic heterocycles. The molecule has 1 heterocycles. The minimum absolute atomic E-state index is 0.0887. The van der Waals surface area contributed by atoms with E-state index in [-0.39, 0.29) is 16.8 Å². The summed E-state index contributed by atoms with van der Waals surface area (Å²) in [5.74, 6) is -1.05. The van der Waals surface area contributed by atoms with E-state index in [4.69, 9.17) is 4.74 Å². The molecule has 28 heavy (non-hydrogen) atoms. The molecule has 0 bridgehead atoms. The van der Waals surface area contributed by atoms with E-state index < -0.39 is 16.8 Å². The molecule has 0 spiro atoms. The van der Waals surface area contributed by atoms with Crippen molar-refractivity contribution >= 4 is 45.3 Å². The standard InChI is InChI=1S/C20H15BrN2O5/c1-12-18(20(25)28-2)16(11-13-5-3-4-6-17(13)21)19(24)22(12)14-7-9-15(10-8-14)23(26)27/h3-11H,1-2H3. The van der Waals surface area contributed by atoms with Gasteiger partial charge in [0.05, 0.1) is 23.2 Å². The highest BCUT2D eigenvalue weighted by Crippen LogP contribution is 2.36. The summed E-state index contributed by atoms with van der Waals surface area (Å²) in [4.78, 5) is 37.2. The van der Waals surface area contributed by atoms with Gasteiger partial charge < -0.3 is 4.74 Å². The highest BCUT2D eigenvalue weighted by molar-refractivity contribution is 9.10. The quantitative estimate of drug-likeness (QED) is 0.305. The summed E-state index contributed by atoms with van der Waals surface area (Å²) < 4.78 is 5.64. The Kier molecular flexibility index (Phi) is 5.41. The Balaban J connectivity index is 2.12. The van der Waals surface area contributed by atoms with Gasteiger partial charge in [0.1, 0.15) is 0 Å². The summed E-state index contributed by atoms with van der Waals surface area (Å²) in [6.45, 7) is 1.63. The van der Waals surface area contributed by atoms with Gasteiger partial charge in [0.25, 0.3) is 11.6 Å². The summed E-state index contributed by atoms with van der Waals surface area (Å²) in [6.07, 6.45) is 1.62. The van der Waals surface area contributed by atoms with E-state index in [1.807, 2.05) is 24.3 Å². The van der Waals surface area contributed by atoms with Gasteiger partial charge in [-0.1, -0.05) is 34.1 Å². The number of carbonyl (C=O) groups excluding carboxylic acids is 2. The lowest BCUT2D eigenvalue weighted by molar-refractivity contribution is -0.384. The first-order valence-corrected chi connectivity index (χ1v) is 8.99. The van der Waals surface area contributed by atoms with Crippen LogP contribution in [0.2, 0.25) is 0 Å². The van der Waals surface area contributed by atoms with Crippen LogP contribution in [0.4, 0.5) is 11.4 Å². The molecular weight excluding hydrogens is 428 g/mol. The van der Waals surface area contributed by atoms with Crippen LogP contribution in [0.1, 0.15) is 12.5 Å². The van der Waals surface area contributed by atoms with E-state index in [2.05, 4.69) is 15.9 Å². The Morgan fingerprint density at radius 1 is 1.18 bits per heavy atom. The maximum absolute atomic E-state index is 13.1. The zero-order valence-electron chi connectivity index (χ0n) is 15.0.